The van der Waals surface area contributed by atoms with Gasteiger partial charge in [0.1, 0.15) is 11.0 Å². The zero-order valence-corrected chi connectivity index (χ0v) is 13.2. The van der Waals surface area contributed by atoms with E-state index in [-0.39, 0.29) is 5.82 Å². The van der Waals surface area contributed by atoms with E-state index in [1.807, 2.05) is 0 Å². The SMILES string of the molecule is Fc1cc(Br)ccc1Cn1c(=S)[nH]c2ccc(Cl)nc21. The van der Waals surface area contributed by atoms with Crippen LogP contribution in [0.2, 0.25) is 5.15 Å². The summed E-state index contributed by atoms with van der Waals surface area (Å²) in [5, 5.41) is 0.372. The zero-order chi connectivity index (χ0) is 14.3. The summed E-state index contributed by atoms with van der Waals surface area (Å²) in [4.78, 5) is 7.27. The maximum atomic E-state index is 13.9. The molecule has 0 aliphatic rings. The number of nitrogens with zero attached hydrogens (tertiary/aromatic N) is 2. The average molecular weight is 373 g/mol. The first-order chi connectivity index (χ1) is 9.54. The van der Waals surface area contributed by atoms with Crippen molar-refractivity contribution >= 4 is 50.9 Å². The van der Waals surface area contributed by atoms with Gasteiger partial charge in [0.15, 0.2) is 10.4 Å². The van der Waals surface area contributed by atoms with E-state index in [1.54, 1.807) is 28.8 Å². The second-order valence-corrected chi connectivity index (χ2v) is 5.95. The molecule has 2 heterocycles. The highest BCUT2D eigenvalue weighted by Gasteiger charge is 2.10. The van der Waals surface area contributed by atoms with E-state index in [0.717, 1.165) is 5.52 Å². The molecule has 20 heavy (non-hydrogen) atoms. The van der Waals surface area contributed by atoms with Gasteiger partial charge in [0, 0.05) is 10.0 Å². The van der Waals surface area contributed by atoms with Crippen molar-refractivity contribution in [2.24, 2.45) is 0 Å². The first-order valence-corrected chi connectivity index (χ1v) is 7.31. The van der Waals surface area contributed by atoms with E-state index in [9.17, 15) is 4.39 Å². The second-order valence-electron chi connectivity index (χ2n) is 4.26. The van der Waals surface area contributed by atoms with Gasteiger partial charge in [0.2, 0.25) is 0 Å². The fourth-order valence-electron chi connectivity index (χ4n) is 1.97. The molecule has 1 N–H and O–H groups in total. The zero-order valence-electron chi connectivity index (χ0n) is 10.0. The number of hydrogen-bond donors (Lipinski definition) is 1. The quantitative estimate of drug-likeness (QED) is 0.523. The minimum Gasteiger partial charge on any atom is -0.329 e. The molecule has 0 aliphatic heterocycles. The van der Waals surface area contributed by atoms with Gasteiger partial charge in [-0.25, -0.2) is 9.37 Å². The lowest BCUT2D eigenvalue weighted by Gasteiger charge is -2.06. The average Bonchev–Trinajstić information content (AvgIpc) is 2.69. The van der Waals surface area contributed by atoms with Crippen LogP contribution in [0.5, 0.6) is 0 Å². The van der Waals surface area contributed by atoms with Gasteiger partial charge in [-0.2, -0.15) is 0 Å². The molecule has 0 aliphatic carbocycles. The molecule has 0 spiro atoms. The predicted molar refractivity (Wildman–Crippen MR) is 83.1 cm³/mol. The van der Waals surface area contributed by atoms with Gasteiger partial charge in [-0.15, -0.1) is 0 Å². The van der Waals surface area contributed by atoms with Crippen LogP contribution in [0.15, 0.2) is 34.8 Å². The minimum atomic E-state index is -0.294. The number of imidazole rings is 1. The van der Waals surface area contributed by atoms with Crippen LogP contribution in [-0.2, 0) is 6.54 Å². The minimum absolute atomic E-state index is 0.294. The van der Waals surface area contributed by atoms with Gasteiger partial charge < -0.3 is 4.98 Å². The fourth-order valence-corrected chi connectivity index (χ4v) is 2.71. The van der Waals surface area contributed by atoms with Crippen LogP contribution in [-0.4, -0.2) is 14.5 Å². The molecular formula is C13H8BrClFN3S. The highest BCUT2D eigenvalue weighted by Crippen LogP contribution is 2.20. The second kappa shape index (κ2) is 5.27. The number of H-pyrrole nitrogens is 1. The monoisotopic (exact) mass is 371 g/mol. The summed E-state index contributed by atoms with van der Waals surface area (Å²) in [6.07, 6.45) is 0. The molecule has 0 fully saturated rings. The van der Waals surface area contributed by atoms with Crippen molar-refractivity contribution in [2.45, 2.75) is 6.54 Å². The van der Waals surface area contributed by atoms with E-state index in [2.05, 4.69) is 25.9 Å². The van der Waals surface area contributed by atoms with Gasteiger partial charge >= 0.3 is 0 Å². The Labute approximate surface area is 132 Å². The Morgan fingerprint density at radius 1 is 1.35 bits per heavy atom. The topological polar surface area (TPSA) is 33.6 Å². The number of hydrogen-bond acceptors (Lipinski definition) is 2. The molecule has 7 heteroatoms. The molecule has 0 bridgehead atoms. The number of fused-ring (bicyclic) bond motifs is 1. The van der Waals surface area contributed by atoms with Crippen LogP contribution in [0, 0.1) is 10.6 Å². The molecule has 3 rings (SSSR count). The first-order valence-electron chi connectivity index (χ1n) is 5.73. The Morgan fingerprint density at radius 3 is 2.90 bits per heavy atom. The number of aromatic nitrogens is 3. The van der Waals surface area contributed by atoms with Crippen LogP contribution in [0.4, 0.5) is 4.39 Å². The van der Waals surface area contributed by atoms with Crippen LogP contribution >= 0.6 is 39.7 Å². The number of nitrogens with one attached hydrogen (secondary N) is 1. The Bertz CT molecular complexity index is 858. The van der Waals surface area contributed by atoms with Gasteiger partial charge in [-0.1, -0.05) is 33.6 Å². The summed E-state index contributed by atoms with van der Waals surface area (Å²) in [5.41, 5.74) is 1.92. The van der Waals surface area contributed by atoms with Crippen molar-refractivity contribution in [1.29, 1.82) is 0 Å². The maximum absolute atomic E-state index is 13.9. The molecule has 0 radical (unpaired) electrons. The normalized spacial score (nSPS) is 11.2. The summed E-state index contributed by atoms with van der Waals surface area (Å²) in [6.45, 7) is 0.297. The van der Waals surface area contributed by atoms with Crippen molar-refractivity contribution in [1.82, 2.24) is 14.5 Å². The van der Waals surface area contributed by atoms with E-state index >= 15 is 0 Å². The van der Waals surface area contributed by atoms with Gasteiger partial charge in [-0.05, 0) is 36.5 Å². The molecule has 0 unspecified atom stereocenters. The number of halogens is 3. The third-order valence-corrected chi connectivity index (χ3v) is 3.95. The third-order valence-electron chi connectivity index (χ3n) is 2.93. The van der Waals surface area contributed by atoms with Crippen molar-refractivity contribution < 1.29 is 4.39 Å². The van der Waals surface area contributed by atoms with E-state index in [0.29, 0.717) is 32.2 Å². The van der Waals surface area contributed by atoms with Crippen LogP contribution in [0.3, 0.4) is 0 Å². The summed E-state index contributed by atoms with van der Waals surface area (Å²) in [6, 6.07) is 8.41. The molecular weight excluding hydrogens is 365 g/mol. The number of aromatic amines is 1. The fraction of sp³-hybridized carbons (Fsp3) is 0.0769. The lowest BCUT2D eigenvalue weighted by Crippen LogP contribution is -2.03. The number of rotatable bonds is 2. The van der Waals surface area contributed by atoms with Gasteiger partial charge in [0.25, 0.3) is 0 Å². The summed E-state index contributed by atoms with van der Waals surface area (Å²) in [5.74, 6) is -0.294. The van der Waals surface area contributed by atoms with Crippen LogP contribution in [0.1, 0.15) is 5.56 Å². The maximum Gasteiger partial charge on any atom is 0.179 e. The predicted octanol–water partition coefficient (Wildman–Crippen LogP) is 4.70. The van der Waals surface area contributed by atoms with Gasteiger partial charge in [-0.3, -0.25) is 4.57 Å². The van der Waals surface area contributed by atoms with E-state index in [4.69, 9.17) is 23.8 Å². The molecule has 0 saturated heterocycles. The Balaban J connectivity index is 2.12. The van der Waals surface area contributed by atoms with E-state index in [1.165, 1.54) is 6.07 Å². The standard InChI is InChI=1S/C13H8BrClFN3S/c14-8-2-1-7(9(16)5-8)6-19-12-10(17-13(19)20)3-4-11(15)18-12/h1-5H,6H2,(H,17,20). The Kier molecular flexibility index (Phi) is 3.62. The summed E-state index contributed by atoms with van der Waals surface area (Å²) >= 11 is 14.4. The van der Waals surface area contributed by atoms with Crippen molar-refractivity contribution in [3.63, 3.8) is 0 Å². The lowest BCUT2D eigenvalue weighted by molar-refractivity contribution is 0.599. The van der Waals surface area contributed by atoms with Crippen molar-refractivity contribution in [2.75, 3.05) is 0 Å². The molecule has 0 atom stereocenters. The highest BCUT2D eigenvalue weighted by atomic mass is 79.9. The largest absolute Gasteiger partial charge is 0.329 e. The summed E-state index contributed by atoms with van der Waals surface area (Å²) < 4.78 is 16.8. The van der Waals surface area contributed by atoms with Crippen molar-refractivity contribution in [3.05, 3.63) is 56.1 Å². The molecule has 0 saturated carbocycles. The smallest absolute Gasteiger partial charge is 0.179 e. The first kappa shape index (κ1) is 13.7. The Hall–Kier alpha value is -1.24. The number of pyridine rings is 1. The molecule has 3 nitrogen and oxygen atoms in total. The van der Waals surface area contributed by atoms with Gasteiger partial charge in [0.05, 0.1) is 12.1 Å². The molecule has 102 valence electrons. The number of benzene rings is 1. The van der Waals surface area contributed by atoms with E-state index < -0.39 is 0 Å². The van der Waals surface area contributed by atoms with Crippen molar-refractivity contribution in [3.8, 4) is 0 Å². The highest BCUT2D eigenvalue weighted by molar-refractivity contribution is 9.10. The molecule has 2 aromatic heterocycles. The molecule has 3 aromatic rings. The third kappa shape index (κ3) is 2.51. The van der Waals surface area contributed by atoms with Crippen LogP contribution in [0.25, 0.3) is 11.2 Å². The molecule has 0 amide bonds. The molecule has 1 aromatic carbocycles. The van der Waals surface area contributed by atoms with Crippen LogP contribution < -0.4 is 0 Å². The summed E-state index contributed by atoms with van der Waals surface area (Å²) in [7, 11) is 0. The lowest BCUT2D eigenvalue weighted by atomic mass is 10.2. The Morgan fingerprint density at radius 2 is 2.15 bits per heavy atom.